The molecule has 0 aliphatic rings. The van der Waals surface area contributed by atoms with E-state index < -0.39 is 59.4 Å². The number of nitrogens with zero attached hydrogens (tertiary/aromatic N) is 4. The summed E-state index contributed by atoms with van der Waals surface area (Å²) < 4.78 is 0. The van der Waals surface area contributed by atoms with Crippen molar-refractivity contribution in [2.24, 2.45) is 31.8 Å². The molecule has 0 aromatic carbocycles. The summed E-state index contributed by atoms with van der Waals surface area (Å²) in [5.41, 5.74) is 18.7. The van der Waals surface area contributed by atoms with Crippen molar-refractivity contribution in [3.05, 3.63) is 36.5 Å². The van der Waals surface area contributed by atoms with Gasteiger partial charge in [0.2, 0.25) is 41.4 Å². The minimum Gasteiger partial charge on any atom is -0.370 e. The van der Waals surface area contributed by atoms with E-state index in [4.69, 9.17) is 26.0 Å². The molecule has 0 heterocycles. The van der Waals surface area contributed by atoms with Crippen molar-refractivity contribution in [3.8, 4) is 0 Å². The van der Waals surface area contributed by atoms with Gasteiger partial charge in [0.1, 0.15) is 12.1 Å². The summed E-state index contributed by atoms with van der Waals surface area (Å²) >= 11 is 0. The number of amides is 7. The maximum absolute atomic E-state index is 13.8. The number of aliphatic imine (C=N–C) groups is 1. The Kier molecular flexibility index (Phi) is 84.0. The quantitative estimate of drug-likeness (QED) is 0.00885. The number of guanidine groups is 1. The summed E-state index contributed by atoms with van der Waals surface area (Å²) in [5, 5.41) is 30.7. The number of hydrogen-bond acceptors (Lipinski definition) is 17. The van der Waals surface area contributed by atoms with Crippen molar-refractivity contribution in [1.29, 1.82) is 0 Å². The summed E-state index contributed by atoms with van der Waals surface area (Å²) in [7, 11) is 0. The van der Waals surface area contributed by atoms with Crippen LogP contribution in [-0.2, 0) is 48.1 Å². The standard InChI is InChI=1S/C89H168N16O10/c1-4-7-10-13-16-19-22-25-28-31-34-37-40-43-46-49-52-55-58-61-68-98-103-113-77-84(108)94-73-71-92-82(106)66-64-80(87(111)97-76-75-96-86(110)79-115-105-100-70-63-60-57-54-51-48-45-42-39-36-33-30-27-24-21-18-15-12-9-6-3)101-88(112)81(102-89(90)91)65-67-83(107)93-72-74-95-85(109)78-114-104-99-69-62-59-56-53-50-47-44-41-38-35-32-29-26-23-20-17-14-11-8-5-2/h25-30,68-70,80-81,103-105H,4-24,31-67,71-79H2,1-3H3,(H,92,106)(H,93,107)(H,94,108)(H,95,109)(H,96,110)(H,97,111)(H,101,112)(H4,90,91,102)/b28-25-,29-26-,30-27-,98-68+,99-69+,100-70+/t80-,81-/m0/s1. The van der Waals surface area contributed by atoms with Gasteiger partial charge in [0.05, 0.1) is 0 Å². The van der Waals surface area contributed by atoms with E-state index >= 15 is 0 Å². The zero-order valence-corrected chi connectivity index (χ0v) is 72.8. The van der Waals surface area contributed by atoms with Crippen LogP contribution in [0.1, 0.15) is 393 Å². The normalized spacial score (nSPS) is 12.2. The number of unbranched alkanes of at least 4 members (excludes halogenated alkanes) is 48. The van der Waals surface area contributed by atoms with Crippen LogP contribution in [0.15, 0.2) is 56.8 Å². The highest BCUT2D eigenvalue weighted by molar-refractivity contribution is 5.92. The van der Waals surface area contributed by atoms with E-state index in [1.165, 1.54) is 289 Å². The van der Waals surface area contributed by atoms with Crippen LogP contribution in [-0.4, -0.2) is 137 Å². The van der Waals surface area contributed by atoms with Crippen molar-refractivity contribution < 1.29 is 48.1 Å². The Hall–Kier alpha value is -6.93. The summed E-state index contributed by atoms with van der Waals surface area (Å²) in [6.45, 7) is 6.08. The molecule has 0 saturated carbocycles. The minimum absolute atomic E-state index is 0.00225. The number of allylic oxidation sites excluding steroid dienone is 6. The number of nitrogens with one attached hydrogen (secondary N) is 10. The Balaban J connectivity index is 4.87. The fourth-order valence-corrected chi connectivity index (χ4v) is 12.9. The summed E-state index contributed by atoms with van der Waals surface area (Å²) in [6.07, 6.45) is 85.9. The Labute approximate surface area is 697 Å². The highest BCUT2D eigenvalue weighted by atomic mass is 16.7. The van der Waals surface area contributed by atoms with Gasteiger partial charge in [0, 0.05) is 70.8 Å². The molecule has 0 rings (SSSR count). The molecule has 26 nitrogen and oxygen atoms in total. The van der Waals surface area contributed by atoms with Crippen LogP contribution in [0.2, 0.25) is 0 Å². The Morgan fingerprint density at radius 1 is 0.287 bits per heavy atom. The van der Waals surface area contributed by atoms with E-state index in [0.717, 1.165) is 57.8 Å². The van der Waals surface area contributed by atoms with Gasteiger partial charge >= 0.3 is 0 Å². The van der Waals surface area contributed by atoms with Crippen molar-refractivity contribution in [3.63, 3.8) is 0 Å². The third-order valence-electron chi connectivity index (χ3n) is 19.9. The highest BCUT2D eigenvalue weighted by Gasteiger charge is 2.27. The molecule has 0 radical (unpaired) electrons. The first kappa shape index (κ1) is 108. The van der Waals surface area contributed by atoms with E-state index in [1.54, 1.807) is 18.6 Å². The van der Waals surface area contributed by atoms with Gasteiger partial charge < -0.3 is 48.7 Å². The molecule has 0 aliphatic heterocycles. The van der Waals surface area contributed by atoms with Crippen molar-refractivity contribution in [2.75, 3.05) is 59.1 Å². The number of hydrazone groups is 3. The molecule has 0 aliphatic carbocycles. The maximum Gasteiger partial charge on any atom is 0.248 e. The second-order valence-electron chi connectivity index (χ2n) is 30.7. The Morgan fingerprint density at radius 3 is 0.791 bits per heavy atom. The average molecular weight is 1620 g/mol. The smallest absolute Gasteiger partial charge is 0.248 e. The van der Waals surface area contributed by atoms with Gasteiger partial charge in [-0.25, -0.2) is 19.5 Å². The number of rotatable bonds is 88. The van der Waals surface area contributed by atoms with E-state index in [2.05, 4.69) is 132 Å². The molecule has 115 heavy (non-hydrogen) atoms. The third kappa shape index (κ3) is 84.8. The van der Waals surface area contributed by atoms with Crippen LogP contribution in [0, 0.1) is 0 Å². The molecule has 0 bridgehead atoms. The fraction of sp³-hybridized carbons (Fsp3) is 0.809. The third-order valence-corrected chi connectivity index (χ3v) is 19.9. The van der Waals surface area contributed by atoms with E-state index in [-0.39, 0.29) is 84.8 Å². The first-order valence-electron chi connectivity index (χ1n) is 46.0. The number of carbonyl (C=O) groups is 7. The van der Waals surface area contributed by atoms with Gasteiger partial charge in [0.25, 0.3) is 0 Å². The van der Waals surface area contributed by atoms with Crippen molar-refractivity contribution in [1.82, 2.24) is 54.0 Å². The molecule has 0 fully saturated rings. The van der Waals surface area contributed by atoms with Gasteiger partial charge in [-0.3, -0.25) is 33.6 Å². The summed E-state index contributed by atoms with van der Waals surface area (Å²) in [5.74, 6) is -4.19. The first-order chi connectivity index (χ1) is 56.4. The predicted octanol–water partition coefficient (Wildman–Crippen LogP) is 16.7. The SMILES string of the molecule is CCCCCCCC/C=C\CCCCCCCCCCC/C=N/NOCC(=O)NCCNC(=O)CC[C@H](N=C(N)N)C(=O)N[C@@H](CCC(=O)NCCNC(=O)CON/N=C/CCCCCCCCCCC/C=C\CCCCCCCC)C(=O)NCCNC(=O)CON/N=C/CCCCCCCCCCC/C=C\CCCCCCCC. The second-order valence-corrected chi connectivity index (χ2v) is 30.7. The second kappa shape index (κ2) is 89.4. The van der Waals surface area contributed by atoms with Gasteiger partial charge in [-0.1, -0.05) is 288 Å². The van der Waals surface area contributed by atoms with Crippen LogP contribution >= 0.6 is 0 Å². The molecule has 2 atom stereocenters. The molecule has 0 aromatic rings. The first-order valence-corrected chi connectivity index (χ1v) is 46.0. The van der Waals surface area contributed by atoms with Crippen LogP contribution in [0.3, 0.4) is 0 Å². The van der Waals surface area contributed by atoms with Crippen LogP contribution in [0.4, 0.5) is 0 Å². The zero-order valence-electron chi connectivity index (χ0n) is 72.8. The molecule has 0 spiro atoms. The van der Waals surface area contributed by atoms with E-state index in [9.17, 15) is 33.6 Å². The summed E-state index contributed by atoms with van der Waals surface area (Å²) in [4.78, 5) is 110. The molecule has 0 aromatic heterocycles. The number of carbonyl (C=O) groups excluding carboxylic acids is 7. The number of hydrogen-bond donors (Lipinski definition) is 12. The molecule has 26 heteroatoms. The maximum atomic E-state index is 13.8. The lowest BCUT2D eigenvalue weighted by atomic mass is 10.1. The molecule has 7 amide bonds. The molecule has 0 saturated heterocycles. The Morgan fingerprint density at radius 2 is 0.522 bits per heavy atom. The lowest BCUT2D eigenvalue weighted by Gasteiger charge is -2.21. The number of nitrogens with two attached hydrogens (primary N) is 2. The molecular weight excluding hydrogens is 1450 g/mol. The topological polar surface area (TPSA) is 369 Å². The average Bonchev–Trinajstić information content (AvgIpc) is 0.882. The lowest BCUT2D eigenvalue weighted by Crippen LogP contribution is -2.51. The molecule has 14 N–H and O–H groups in total. The van der Waals surface area contributed by atoms with Crippen LogP contribution in [0.25, 0.3) is 0 Å². The zero-order chi connectivity index (χ0) is 83.5. The largest absolute Gasteiger partial charge is 0.370 e. The molecule has 664 valence electrons. The molecule has 0 unspecified atom stereocenters. The van der Waals surface area contributed by atoms with Gasteiger partial charge in [-0.2, -0.15) is 32.1 Å². The fourth-order valence-electron chi connectivity index (χ4n) is 12.9. The lowest BCUT2D eigenvalue weighted by molar-refractivity contribution is -0.131. The van der Waals surface area contributed by atoms with Gasteiger partial charge in [-0.15, -0.1) is 0 Å². The van der Waals surface area contributed by atoms with Gasteiger partial charge in [-0.05, 0) is 128 Å². The minimum atomic E-state index is -1.31. The van der Waals surface area contributed by atoms with Crippen molar-refractivity contribution >= 4 is 66.0 Å². The van der Waals surface area contributed by atoms with E-state index in [1.807, 2.05) is 0 Å². The predicted molar refractivity (Wildman–Crippen MR) is 475 cm³/mol. The van der Waals surface area contributed by atoms with Crippen LogP contribution < -0.4 is 65.5 Å². The highest BCUT2D eigenvalue weighted by Crippen LogP contribution is 2.17. The van der Waals surface area contributed by atoms with Crippen LogP contribution in [0.5, 0.6) is 0 Å². The summed E-state index contributed by atoms with van der Waals surface area (Å²) in [6, 6.07) is -2.60. The van der Waals surface area contributed by atoms with E-state index in [0.29, 0.717) is 0 Å². The molecular formula is C89H168N16O10. The van der Waals surface area contributed by atoms with Crippen molar-refractivity contribution in [2.45, 2.75) is 405 Å². The van der Waals surface area contributed by atoms with Gasteiger partial charge in [0.15, 0.2) is 25.8 Å². The monoisotopic (exact) mass is 1620 g/mol. The Bertz CT molecular complexity index is 2500.